The number of benzene rings is 2. The highest BCUT2D eigenvalue weighted by Crippen LogP contribution is 2.25. The van der Waals surface area contributed by atoms with Gasteiger partial charge in [0.2, 0.25) is 0 Å². The normalized spacial score (nSPS) is 10.9. The highest BCUT2D eigenvalue weighted by molar-refractivity contribution is 6.33. The number of aromatic amines is 1. The van der Waals surface area contributed by atoms with Crippen molar-refractivity contribution in [2.75, 3.05) is 6.61 Å². The Balaban J connectivity index is 1.72. The van der Waals surface area contributed by atoms with Crippen LogP contribution in [0.1, 0.15) is 28.5 Å². The maximum atomic E-state index is 12.4. The minimum Gasteiger partial charge on any atom is -0.494 e. The third-order valence-electron chi connectivity index (χ3n) is 3.95. The van der Waals surface area contributed by atoms with Crippen LogP contribution in [0.2, 0.25) is 5.02 Å². The Bertz CT molecular complexity index is 964. The van der Waals surface area contributed by atoms with Crippen molar-refractivity contribution in [2.45, 2.75) is 13.8 Å². The first-order valence-corrected chi connectivity index (χ1v) is 8.84. The first kappa shape index (κ1) is 18.7. The molecule has 0 radical (unpaired) electrons. The number of hydrogen-bond acceptors (Lipinski definition) is 4. The SMILES string of the molecule is CCOc1ccc(-c2n[nH]c(C(=O)NN=Cc3ccccc3Cl)c2C)cc1. The summed E-state index contributed by atoms with van der Waals surface area (Å²) in [4.78, 5) is 12.4. The minimum absolute atomic E-state index is 0.357. The molecule has 1 aromatic heterocycles. The fourth-order valence-corrected chi connectivity index (χ4v) is 2.76. The van der Waals surface area contributed by atoms with Crippen LogP contribution in [0.5, 0.6) is 5.75 Å². The zero-order valence-corrected chi connectivity index (χ0v) is 15.7. The number of amides is 1. The maximum absolute atomic E-state index is 12.4. The molecule has 0 bridgehead atoms. The molecule has 6 nitrogen and oxygen atoms in total. The van der Waals surface area contributed by atoms with E-state index in [0.29, 0.717) is 23.0 Å². The van der Waals surface area contributed by atoms with Gasteiger partial charge in [0.25, 0.3) is 5.91 Å². The number of hydrogen-bond donors (Lipinski definition) is 2. The molecule has 0 saturated carbocycles. The van der Waals surface area contributed by atoms with Crippen molar-refractivity contribution in [1.29, 1.82) is 0 Å². The van der Waals surface area contributed by atoms with E-state index < -0.39 is 0 Å². The molecule has 3 rings (SSSR count). The molecule has 27 heavy (non-hydrogen) atoms. The molecule has 0 spiro atoms. The highest BCUT2D eigenvalue weighted by Gasteiger charge is 2.16. The van der Waals surface area contributed by atoms with E-state index in [9.17, 15) is 4.79 Å². The second kappa shape index (κ2) is 8.51. The Labute approximate surface area is 162 Å². The van der Waals surface area contributed by atoms with Gasteiger partial charge >= 0.3 is 0 Å². The zero-order valence-electron chi connectivity index (χ0n) is 15.0. The summed E-state index contributed by atoms with van der Waals surface area (Å²) in [5.74, 6) is 0.418. The van der Waals surface area contributed by atoms with Gasteiger partial charge in [0.05, 0.1) is 18.5 Å². The van der Waals surface area contributed by atoms with Gasteiger partial charge in [0.15, 0.2) is 0 Å². The average molecular weight is 383 g/mol. The molecule has 0 unspecified atom stereocenters. The lowest BCUT2D eigenvalue weighted by molar-refractivity contribution is 0.0949. The molecule has 0 saturated heterocycles. The van der Waals surface area contributed by atoms with Crippen LogP contribution in [-0.4, -0.2) is 28.9 Å². The number of aromatic nitrogens is 2. The zero-order chi connectivity index (χ0) is 19.2. The predicted octanol–water partition coefficient (Wildman–Crippen LogP) is 4.20. The Morgan fingerprint density at radius 2 is 2.00 bits per heavy atom. The number of carbonyl (C=O) groups is 1. The maximum Gasteiger partial charge on any atom is 0.289 e. The number of halogens is 1. The van der Waals surface area contributed by atoms with E-state index in [4.69, 9.17) is 16.3 Å². The topological polar surface area (TPSA) is 79.4 Å². The van der Waals surface area contributed by atoms with Crippen molar-refractivity contribution < 1.29 is 9.53 Å². The Morgan fingerprint density at radius 1 is 1.26 bits per heavy atom. The van der Waals surface area contributed by atoms with Crippen molar-refractivity contribution >= 4 is 23.7 Å². The summed E-state index contributed by atoms with van der Waals surface area (Å²) in [5, 5.41) is 11.6. The van der Waals surface area contributed by atoms with Gasteiger partial charge in [-0.3, -0.25) is 9.89 Å². The van der Waals surface area contributed by atoms with Gasteiger partial charge < -0.3 is 4.74 Å². The monoisotopic (exact) mass is 382 g/mol. The second-order valence-electron chi connectivity index (χ2n) is 5.75. The number of rotatable bonds is 6. The third-order valence-corrected chi connectivity index (χ3v) is 4.29. The van der Waals surface area contributed by atoms with Gasteiger partial charge in [-0.2, -0.15) is 10.2 Å². The summed E-state index contributed by atoms with van der Waals surface area (Å²) in [6.45, 7) is 4.38. The number of nitrogens with zero attached hydrogens (tertiary/aromatic N) is 2. The van der Waals surface area contributed by atoms with E-state index in [1.165, 1.54) is 6.21 Å². The van der Waals surface area contributed by atoms with Gasteiger partial charge in [-0.1, -0.05) is 29.8 Å². The van der Waals surface area contributed by atoms with Crippen LogP contribution in [0.25, 0.3) is 11.3 Å². The largest absolute Gasteiger partial charge is 0.494 e. The summed E-state index contributed by atoms with van der Waals surface area (Å²) >= 11 is 6.05. The molecule has 0 fully saturated rings. The van der Waals surface area contributed by atoms with Gasteiger partial charge in [-0.05, 0) is 44.2 Å². The van der Waals surface area contributed by atoms with Crippen molar-refractivity contribution in [3.8, 4) is 17.0 Å². The van der Waals surface area contributed by atoms with E-state index in [1.54, 1.807) is 6.07 Å². The van der Waals surface area contributed by atoms with E-state index in [2.05, 4.69) is 20.7 Å². The van der Waals surface area contributed by atoms with Crippen LogP contribution in [0, 0.1) is 6.92 Å². The Kier molecular flexibility index (Phi) is 5.88. The van der Waals surface area contributed by atoms with Crippen LogP contribution in [0.4, 0.5) is 0 Å². The van der Waals surface area contributed by atoms with Crippen LogP contribution in [0.15, 0.2) is 53.6 Å². The van der Waals surface area contributed by atoms with E-state index >= 15 is 0 Å². The molecule has 3 aromatic rings. The van der Waals surface area contributed by atoms with Gasteiger partial charge in [-0.15, -0.1) is 0 Å². The van der Waals surface area contributed by atoms with E-state index in [1.807, 2.05) is 56.3 Å². The second-order valence-corrected chi connectivity index (χ2v) is 6.16. The van der Waals surface area contributed by atoms with Crippen LogP contribution in [0.3, 0.4) is 0 Å². The van der Waals surface area contributed by atoms with Crippen LogP contribution >= 0.6 is 11.6 Å². The molecule has 138 valence electrons. The molecular weight excluding hydrogens is 364 g/mol. The number of hydrazone groups is 1. The number of ether oxygens (including phenoxy) is 1. The quantitative estimate of drug-likeness (QED) is 0.495. The summed E-state index contributed by atoms with van der Waals surface area (Å²) in [6, 6.07) is 14.8. The lowest BCUT2D eigenvalue weighted by atomic mass is 10.1. The number of H-pyrrole nitrogens is 1. The van der Waals surface area contributed by atoms with Crippen molar-refractivity contribution in [3.05, 3.63) is 70.4 Å². The van der Waals surface area contributed by atoms with Crippen LogP contribution in [-0.2, 0) is 0 Å². The first-order chi connectivity index (χ1) is 13.1. The number of carbonyl (C=O) groups excluding carboxylic acids is 1. The Hall–Kier alpha value is -3.12. The minimum atomic E-state index is -0.375. The molecule has 0 aliphatic carbocycles. The Morgan fingerprint density at radius 3 is 2.70 bits per heavy atom. The summed E-state index contributed by atoms with van der Waals surface area (Å²) in [7, 11) is 0. The molecule has 0 aliphatic rings. The van der Waals surface area contributed by atoms with Gasteiger partial charge in [0, 0.05) is 21.7 Å². The lowest BCUT2D eigenvalue weighted by Gasteiger charge is -2.04. The summed E-state index contributed by atoms with van der Waals surface area (Å²) < 4.78 is 5.44. The molecule has 7 heteroatoms. The molecule has 2 N–H and O–H groups in total. The fourth-order valence-electron chi connectivity index (χ4n) is 2.57. The van der Waals surface area contributed by atoms with Gasteiger partial charge in [-0.25, -0.2) is 5.43 Å². The van der Waals surface area contributed by atoms with Crippen molar-refractivity contribution in [3.63, 3.8) is 0 Å². The molecule has 0 atom stereocenters. The number of nitrogens with one attached hydrogen (secondary N) is 2. The lowest BCUT2D eigenvalue weighted by Crippen LogP contribution is -2.19. The smallest absolute Gasteiger partial charge is 0.289 e. The first-order valence-electron chi connectivity index (χ1n) is 8.46. The molecule has 2 aromatic carbocycles. The summed E-state index contributed by atoms with van der Waals surface area (Å²) in [6.07, 6.45) is 1.50. The highest BCUT2D eigenvalue weighted by atomic mass is 35.5. The van der Waals surface area contributed by atoms with Crippen LogP contribution < -0.4 is 10.2 Å². The van der Waals surface area contributed by atoms with E-state index in [-0.39, 0.29) is 5.91 Å². The standard InChI is InChI=1S/C20H19ClN4O2/c1-3-27-16-10-8-14(9-11-16)18-13(2)19(24-23-18)20(26)25-22-12-15-6-4-5-7-17(15)21/h4-12H,3H2,1-2H3,(H,23,24)(H,25,26). The van der Waals surface area contributed by atoms with E-state index in [0.717, 1.165) is 22.4 Å². The molecular formula is C20H19ClN4O2. The average Bonchev–Trinajstić information content (AvgIpc) is 3.06. The third kappa shape index (κ3) is 4.35. The van der Waals surface area contributed by atoms with Crippen molar-refractivity contribution in [1.82, 2.24) is 15.6 Å². The predicted molar refractivity (Wildman–Crippen MR) is 106 cm³/mol. The van der Waals surface area contributed by atoms with Crippen molar-refractivity contribution in [2.24, 2.45) is 5.10 Å². The molecule has 0 aliphatic heterocycles. The van der Waals surface area contributed by atoms with Gasteiger partial charge in [0.1, 0.15) is 11.4 Å². The summed E-state index contributed by atoms with van der Waals surface area (Å²) in [5.41, 5.74) is 5.90. The fraction of sp³-hybridized carbons (Fsp3) is 0.150. The molecule has 1 heterocycles. The molecule has 1 amide bonds.